The van der Waals surface area contributed by atoms with Crippen LogP contribution in [0.2, 0.25) is 0 Å². The lowest BCUT2D eigenvalue weighted by Gasteiger charge is -2.08. The summed E-state index contributed by atoms with van der Waals surface area (Å²) in [6, 6.07) is 1.92. The standard InChI is InChI=1S/C13H18N4OS/c1-8-13(9(2)17(4)16-8)14-7-12-11(5-6-19-12)15-10(3)18/h5-6,14H,7H2,1-4H3,(H,15,18). The van der Waals surface area contributed by atoms with E-state index in [0.29, 0.717) is 6.54 Å². The van der Waals surface area contributed by atoms with Gasteiger partial charge in [-0.3, -0.25) is 9.48 Å². The largest absolute Gasteiger partial charge is 0.377 e. The maximum absolute atomic E-state index is 11.1. The van der Waals surface area contributed by atoms with Gasteiger partial charge in [-0.1, -0.05) is 0 Å². The highest BCUT2D eigenvalue weighted by molar-refractivity contribution is 7.10. The topological polar surface area (TPSA) is 59.0 Å². The van der Waals surface area contributed by atoms with Gasteiger partial charge in [0.05, 0.1) is 29.3 Å². The second-order valence-electron chi connectivity index (χ2n) is 4.46. The van der Waals surface area contributed by atoms with Crippen LogP contribution in [0.3, 0.4) is 0 Å². The third kappa shape index (κ3) is 2.96. The van der Waals surface area contributed by atoms with Crippen LogP contribution in [0.4, 0.5) is 11.4 Å². The van der Waals surface area contributed by atoms with E-state index in [9.17, 15) is 4.79 Å². The van der Waals surface area contributed by atoms with Gasteiger partial charge in [-0.2, -0.15) is 5.10 Å². The molecule has 0 radical (unpaired) electrons. The molecule has 0 fully saturated rings. The van der Waals surface area contributed by atoms with Crippen LogP contribution < -0.4 is 10.6 Å². The molecule has 0 aromatic carbocycles. The zero-order chi connectivity index (χ0) is 14.0. The van der Waals surface area contributed by atoms with Gasteiger partial charge in [0.1, 0.15) is 0 Å². The highest BCUT2D eigenvalue weighted by atomic mass is 32.1. The maximum atomic E-state index is 11.1. The summed E-state index contributed by atoms with van der Waals surface area (Å²) in [4.78, 5) is 12.2. The number of carbonyl (C=O) groups excluding carboxylic acids is 1. The zero-order valence-corrected chi connectivity index (χ0v) is 12.4. The number of hydrogen-bond donors (Lipinski definition) is 2. The number of carbonyl (C=O) groups is 1. The van der Waals surface area contributed by atoms with Crippen LogP contribution in [0.25, 0.3) is 0 Å². The average Bonchev–Trinajstić information content (AvgIpc) is 2.84. The van der Waals surface area contributed by atoms with E-state index in [1.54, 1.807) is 11.3 Å². The maximum Gasteiger partial charge on any atom is 0.221 e. The fourth-order valence-electron chi connectivity index (χ4n) is 1.98. The van der Waals surface area contributed by atoms with Crippen molar-refractivity contribution in [3.63, 3.8) is 0 Å². The Morgan fingerprint density at radius 2 is 2.21 bits per heavy atom. The van der Waals surface area contributed by atoms with Crippen molar-refractivity contribution in [1.29, 1.82) is 0 Å². The van der Waals surface area contributed by atoms with Gasteiger partial charge in [0.25, 0.3) is 0 Å². The van der Waals surface area contributed by atoms with Crippen LogP contribution in [0.1, 0.15) is 23.2 Å². The normalized spacial score (nSPS) is 10.5. The lowest BCUT2D eigenvalue weighted by Crippen LogP contribution is -2.08. The molecule has 0 unspecified atom stereocenters. The molecule has 0 aliphatic rings. The fourth-order valence-corrected chi connectivity index (χ4v) is 2.75. The van der Waals surface area contributed by atoms with Crippen LogP contribution in [-0.4, -0.2) is 15.7 Å². The van der Waals surface area contributed by atoms with Crippen LogP contribution in [-0.2, 0) is 18.4 Å². The molecule has 2 heterocycles. The van der Waals surface area contributed by atoms with Gasteiger partial charge in [0.2, 0.25) is 5.91 Å². The Bertz CT molecular complexity index is 600. The van der Waals surface area contributed by atoms with Crippen LogP contribution in [0, 0.1) is 13.8 Å². The van der Waals surface area contributed by atoms with Crippen molar-refractivity contribution in [2.24, 2.45) is 7.05 Å². The molecule has 0 atom stereocenters. The van der Waals surface area contributed by atoms with Gasteiger partial charge in [-0.25, -0.2) is 0 Å². The first-order valence-corrected chi connectivity index (χ1v) is 6.95. The van der Waals surface area contributed by atoms with E-state index in [4.69, 9.17) is 0 Å². The lowest BCUT2D eigenvalue weighted by atomic mass is 10.3. The first-order chi connectivity index (χ1) is 8.99. The molecule has 0 bridgehead atoms. The summed E-state index contributed by atoms with van der Waals surface area (Å²) in [5.74, 6) is -0.0478. The van der Waals surface area contributed by atoms with E-state index >= 15 is 0 Å². The first-order valence-electron chi connectivity index (χ1n) is 6.07. The Hall–Kier alpha value is -1.82. The van der Waals surface area contributed by atoms with Gasteiger partial charge in [0, 0.05) is 18.8 Å². The number of thiophene rings is 1. The van der Waals surface area contributed by atoms with E-state index in [1.807, 2.05) is 37.0 Å². The molecule has 2 rings (SSSR count). The van der Waals surface area contributed by atoms with Crippen molar-refractivity contribution in [2.75, 3.05) is 10.6 Å². The highest BCUT2D eigenvalue weighted by Crippen LogP contribution is 2.25. The van der Waals surface area contributed by atoms with Crippen LogP contribution >= 0.6 is 11.3 Å². The first kappa shape index (κ1) is 13.6. The molecule has 2 aromatic rings. The molecule has 2 N–H and O–H groups in total. The summed E-state index contributed by atoms with van der Waals surface area (Å²) in [6.45, 7) is 6.22. The summed E-state index contributed by atoms with van der Waals surface area (Å²) in [7, 11) is 1.93. The Kier molecular flexibility index (Phi) is 3.90. The monoisotopic (exact) mass is 278 g/mol. The minimum atomic E-state index is -0.0478. The fraction of sp³-hybridized carbons (Fsp3) is 0.385. The number of aromatic nitrogens is 2. The second-order valence-corrected chi connectivity index (χ2v) is 5.46. The van der Waals surface area contributed by atoms with E-state index in [0.717, 1.165) is 27.6 Å². The molecule has 0 aliphatic carbocycles. The van der Waals surface area contributed by atoms with Crippen LogP contribution in [0.5, 0.6) is 0 Å². The predicted octanol–water partition coefficient (Wildman–Crippen LogP) is 2.67. The molecule has 1 amide bonds. The summed E-state index contributed by atoms with van der Waals surface area (Å²) < 4.78 is 1.86. The average molecular weight is 278 g/mol. The Morgan fingerprint density at radius 3 is 2.79 bits per heavy atom. The van der Waals surface area contributed by atoms with Crippen LogP contribution in [0.15, 0.2) is 11.4 Å². The number of amides is 1. The van der Waals surface area contributed by atoms with Crippen molar-refractivity contribution >= 4 is 28.6 Å². The van der Waals surface area contributed by atoms with E-state index < -0.39 is 0 Å². The smallest absolute Gasteiger partial charge is 0.221 e. The number of nitrogens with one attached hydrogen (secondary N) is 2. The molecule has 0 saturated heterocycles. The molecule has 2 aromatic heterocycles. The molecule has 6 heteroatoms. The Balaban J connectivity index is 2.10. The molecule has 5 nitrogen and oxygen atoms in total. The van der Waals surface area contributed by atoms with Crippen molar-refractivity contribution in [2.45, 2.75) is 27.3 Å². The molecular formula is C13H18N4OS. The number of rotatable bonds is 4. The van der Waals surface area contributed by atoms with E-state index in [2.05, 4.69) is 15.7 Å². The molecule has 0 aliphatic heterocycles. The van der Waals surface area contributed by atoms with Gasteiger partial charge >= 0.3 is 0 Å². The van der Waals surface area contributed by atoms with Crippen molar-refractivity contribution < 1.29 is 4.79 Å². The number of hydrogen-bond acceptors (Lipinski definition) is 4. The third-order valence-electron chi connectivity index (χ3n) is 2.99. The Labute approximate surface area is 116 Å². The predicted molar refractivity (Wildman–Crippen MR) is 78.6 cm³/mol. The van der Waals surface area contributed by atoms with Crippen molar-refractivity contribution in [1.82, 2.24) is 9.78 Å². The van der Waals surface area contributed by atoms with Gasteiger partial charge in [0.15, 0.2) is 0 Å². The SMILES string of the molecule is CC(=O)Nc1ccsc1CNc1c(C)nn(C)c1C. The van der Waals surface area contributed by atoms with Gasteiger partial charge < -0.3 is 10.6 Å². The van der Waals surface area contributed by atoms with E-state index in [-0.39, 0.29) is 5.91 Å². The highest BCUT2D eigenvalue weighted by Gasteiger charge is 2.11. The quantitative estimate of drug-likeness (QED) is 0.904. The molecule has 102 valence electrons. The van der Waals surface area contributed by atoms with E-state index in [1.165, 1.54) is 6.92 Å². The van der Waals surface area contributed by atoms with Gasteiger partial charge in [-0.05, 0) is 25.3 Å². The molecule has 0 saturated carbocycles. The third-order valence-corrected chi connectivity index (χ3v) is 3.91. The van der Waals surface area contributed by atoms with Crippen molar-refractivity contribution in [3.8, 4) is 0 Å². The summed E-state index contributed by atoms with van der Waals surface area (Å²) >= 11 is 1.62. The number of aryl methyl sites for hydroxylation is 2. The minimum absolute atomic E-state index is 0.0478. The number of nitrogens with zero attached hydrogens (tertiary/aromatic N) is 2. The summed E-state index contributed by atoms with van der Waals surface area (Å²) in [5.41, 5.74) is 4.03. The Morgan fingerprint density at radius 1 is 1.47 bits per heavy atom. The summed E-state index contributed by atoms with van der Waals surface area (Å²) in [6.07, 6.45) is 0. The molecular weight excluding hydrogens is 260 g/mol. The lowest BCUT2D eigenvalue weighted by molar-refractivity contribution is -0.114. The minimum Gasteiger partial charge on any atom is -0.377 e. The molecule has 19 heavy (non-hydrogen) atoms. The second kappa shape index (κ2) is 5.44. The molecule has 0 spiro atoms. The van der Waals surface area contributed by atoms with Crippen molar-refractivity contribution in [3.05, 3.63) is 27.7 Å². The number of anilines is 2. The van der Waals surface area contributed by atoms with Gasteiger partial charge in [-0.15, -0.1) is 11.3 Å². The summed E-state index contributed by atoms with van der Waals surface area (Å²) in [5, 5.41) is 12.6. The zero-order valence-electron chi connectivity index (χ0n) is 11.6.